The van der Waals surface area contributed by atoms with Crippen molar-refractivity contribution < 1.29 is 4.79 Å². The predicted octanol–water partition coefficient (Wildman–Crippen LogP) is 2.87. The van der Waals surface area contributed by atoms with Crippen LogP contribution < -0.4 is 5.73 Å². The molecule has 86 valence electrons. The van der Waals surface area contributed by atoms with Crippen LogP contribution in [0, 0.1) is 0 Å². The molecule has 1 unspecified atom stereocenters. The minimum absolute atomic E-state index is 0.0415. The van der Waals surface area contributed by atoms with Gasteiger partial charge in [-0.1, -0.05) is 31.0 Å². The number of carbonyl (C=O) groups excluding carboxylic acids is 1. The monoisotopic (exact) mass is 217 g/mol. The molecule has 2 rings (SSSR count). The third-order valence-corrected chi connectivity index (χ3v) is 3.41. The number of nitrogens with two attached hydrogens (primary N) is 1. The number of ketones is 1. The molecule has 0 amide bonds. The molecule has 0 radical (unpaired) electrons. The normalized spacial score (nSPS) is 18.6. The number of hydrogen-bond acceptors (Lipinski definition) is 2. The van der Waals surface area contributed by atoms with Crippen LogP contribution in [-0.4, -0.2) is 11.8 Å². The summed E-state index contributed by atoms with van der Waals surface area (Å²) in [6.45, 7) is 1.74. The summed E-state index contributed by atoms with van der Waals surface area (Å²) in [4.78, 5) is 11.8. The van der Waals surface area contributed by atoms with Gasteiger partial charge < -0.3 is 5.73 Å². The van der Waals surface area contributed by atoms with Crippen molar-refractivity contribution in [3.05, 3.63) is 35.4 Å². The first-order valence-electron chi connectivity index (χ1n) is 6.08. The van der Waals surface area contributed by atoms with Crippen LogP contribution in [0.2, 0.25) is 0 Å². The molecule has 0 spiro atoms. The van der Waals surface area contributed by atoms with Gasteiger partial charge in [0.1, 0.15) is 0 Å². The predicted molar refractivity (Wildman–Crippen MR) is 65.6 cm³/mol. The maximum Gasteiger partial charge on any atom is 0.179 e. The van der Waals surface area contributed by atoms with Crippen LogP contribution in [0.3, 0.4) is 0 Å². The Labute approximate surface area is 96.8 Å². The van der Waals surface area contributed by atoms with Gasteiger partial charge in [0.05, 0.1) is 6.04 Å². The molecule has 2 N–H and O–H groups in total. The molecule has 0 bridgehead atoms. The van der Waals surface area contributed by atoms with Crippen molar-refractivity contribution in [2.45, 2.75) is 44.6 Å². The Hall–Kier alpha value is -1.15. The fraction of sp³-hybridized carbons (Fsp3) is 0.500. The Morgan fingerprint density at radius 2 is 2.06 bits per heavy atom. The van der Waals surface area contributed by atoms with Crippen molar-refractivity contribution in [1.82, 2.24) is 0 Å². The van der Waals surface area contributed by atoms with Gasteiger partial charge in [-0.2, -0.15) is 0 Å². The largest absolute Gasteiger partial charge is 0.321 e. The van der Waals surface area contributed by atoms with Crippen molar-refractivity contribution in [2.24, 2.45) is 5.73 Å². The molecule has 2 nitrogen and oxygen atoms in total. The molecule has 1 aliphatic rings. The van der Waals surface area contributed by atoms with E-state index in [0.29, 0.717) is 5.92 Å². The van der Waals surface area contributed by atoms with Gasteiger partial charge in [-0.3, -0.25) is 4.79 Å². The van der Waals surface area contributed by atoms with E-state index in [4.69, 9.17) is 5.73 Å². The van der Waals surface area contributed by atoms with E-state index in [2.05, 4.69) is 6.07 Å². The molecule has 1 aromatic carbocycles. The van der Waals surface area contributed by atoms with Crippen molar-refractivity contribution in [2.75, 3.05) is 0 Å². The Balaban J connectivity index is 2.22. The maximum atomic E-state index is 11.8. The summed E-state index contributed by atoms with van der Waals surface area (Å²) in [5, 5.41) is 0. The van der Waals surface area contributed by atoms with E-state index in [9.17, 15) is 4.79 Å². The molecule has 16 heavy (non-hydrogen) atoms. The molecule has 0 saturated heterocycles. The summed E-state index contributed by atoms with van der Waals surface area (Å²) in [5.41, 5.74) is 7.69. The molecule has 1 saturated carbocycles. The van der Waals surface area contributed by atoms with Crippen molar-refractivity contribution in [1.29, 1.82) is 0 Å². The minimum Gasteiger partial charge on any atom is -0.321 e. The second kappa shape index (κ2) is 4.79. The molecule has 1 aromatic rings. The number of hydrogen-bond donors (Lipinski definition) is 1. The molecule has 0 heterocycles. The van der Waals surface area contributed by atoms with Gasteiger partial charge in [0.2, 0.25) is 0 Å². The van der Waals surface area contributed by atoms with Gasteiger partial charge in [0, 0.05) is 5.56 Å². The van der Waals surface area contributed by atoms with E-state index in [1.165, 1.54) is 31.2 Å². The van der Waals surface area contributed by atoms with Gasteiger partial charge >= 0.3 is 0 Å². The van der Waals surface area contributed by atoms with Crippen molar-refractivity contribution in [3.63, 3.8) is 0 Å². The molecule has 1 aliphatic carbocycles. The zero-order valence-electron chi connectivity index (χ0n) is 9.78. The second-order valence-electron chi connectivity index (χ2n) is 4.76. The topological polar surface area (TPSA) is 43.1 Å². The SMILES string of the molecule is CC(N)C(=O)c1cccc(C2CCCC2)c1. The third-order valence-electron chi connectivity index (χ3n) is 3.41. The van der Waals surface area contributed by atoms with Gasteiger partial charge in [-0.15, -0.1) is 0 Å². The highest BCUT2D eigenvalue weighted by atomic mass is 16.1. The smallest absolute Gasteiger partial charge is 0.179 e. The molecule has 0 aromatic heterocycles. The van der Waals surface area contributed by atoms with Crippen LogP contribution in [0.5, 0.6) is 0 Å². The average Bonchev–Trinajstić information content (AvgIpc) is 2.81. The van der Waals surface area contributed by atoms with Crippen LogP contribution in [0.25, 0.3) is 0 Å². The summed E-state index contributed by atoms with van der Waals surface area (Å²) < 4.78 is 0. The Kier molecular flexibility index (Phi) is 3.39. The highest BCUT2D eigenvalue weighted by Crippen LogP contribution is 2.34. The van der Waals surface area contributed by atoms with Crippen LogP contribution in [0.4, 0.5) is 0 Å². The van der Waals surface area contributed by atoms with Gasteiger partial charge in [0.25, 0.3) is 0 Å². The number of carbonyl (C=O) groups is 1. The lowest BCUT2D eigenvalue weighted by Gasteiger charge is -2.11. The van der Waals surface area contributed by atoms with E-state index in [-0.39, 0.29) is 5.78 Å². The van der Waals surface area contributed by atoms with Gasteiger partial charge in [0.15, 0.2) is 5.78 Å². The first-order valence-corrected chi connectivity index (χ1v) is 6.08. The van der Waals surface area contributed by atoms with E-state index in [1.807, 2.05) is 18.2 Å². The summed E-state index contributed by atoms with van der Waals surface area (Å²) in [6, 6.07) is 7.60. The lowest BCUT2D eigenvalue weighted by molar-refractivity contribution is 0.0968. The molecular weight excluding hydrogens is 198 g/mol. The quantitative estimate of drug-likeness (QED) is 0.791. The van der Waals surface area contributed by atoms with E-state index < -0.39 is 6.04 Å². The standard InChI is InChI=1S/C14H19NO/c1-10(15)14(16)13-8-4-7-12(9-13)11-5-2-3-6-11/h4,7-11H,2-3,5-6,15H2,1H3. The summed E-state index contributed by atoms with van der Waals surface area (Å²) >= 11 is 0. The van der Waals surface area contributed by atoms with E-state index in [1.54, 1.807) is 6.92 Å². The summed E-state index contributed by atoms with van der Waals surface area (Å²) in [5.74, 6) is 0.695. The van der Waals surface area contributed by atoms with Crippen molar-refractivity contribution >= 4 is 5.78 Å². The second-order valence-corrected chi connectivity index (χ2v) is 4.76. The highest BCUT2D eigenvalue weighted by molar-refractivity contribution is 5.99. The Morgan fingerprint density at radius 3 is 2.69 bits per heavy atom. The van der Waals surface area contributed by atoms with E-state index >= 15 is 0 Å². The van der Waals surface area contributed by atoms with E-state index in [0.717, 1.165) is 5.56 Å². The minimum atomic E-state index is -0.404. The molecule has 2 heteroatoms. The van der Waals surface area contributed by atoms with Crippen LogP contribution >= 0.6 is 0 Å². The van der Waals surface area contributed by atoms with Crippen LogP contribution in [0.15, 0.2) is 24.3 Å². The van der Waals surface area contributed by atoms with Crippen molar-refractivity contribution in [3.8, 4) is 0 Å². The molecular formula is C14H19NO. The number of rotatable bonds is 3. The molecule has 1 atom stereocenters. The Morgan fingerprint density at radius 1 is 1.38 bits per heavy atom. The fourth-order valence-corrected chi connectivity index (χ4v) is 2.47. The van der Waals surface area contributed by atoms with Gasteiger partial charge in [-0.25, -0.2) is 0 Å². The highest BCUT2D eigenvalue weighted by Gasteiger charge is 2.18. The summed E-state index contributed by atoms with van der Waals surface area (Å²) in [6.07, 6.45) is 5.15. The lowest BCUT2D eigenvalue weighted by Crippen LogP contribution is -2.26. The molecule has 1 fully saturated rings. The number of benzene rings is 1. The van der Waals surface area contributed by atoms with Crippen LogP contribution in [-0.2, 0) is 0 Å². The first kappa shape index (κ1) is 11.3. The summed E-state index contributed by atoms with van der Waals surface area (Å²) in [7, 11) is 0. The van der Waals surface area contributed by atoms with Gasteiger partial charge in [-0.05, 0) is 37.3 Å². The first-order chi connectivity index (χ1) is 7.68. The Bertz CT molecular complexity index is 378. The zero-order chi connectivity index (χ0) is 11.5. The zero-order valence-corrected chi connectivity index (χ0v) is 9.78. The van der Waals surface area contributed by atoms with Crippen LogP contribution in [0.1, 0.15) is 54.4 Å². The average molecular weight is 217 g/mol. The number of Topliss-reactive ketones (excluding diaryl/α,β-unsaturated/α-hetero) is 1. The third kappa shape index (κ3) is 2.33. The fourth-order valence-electron chi connectivity index (χ4n) is 2.47. The maximum absolute atomic E-state index is 11.8. The molecule has 0 aliphatic heterocycles. The lowest BCUT2D eigenvalue weighted by atomic mass is 9.94.